The molecule has 0 aliphatic heterocycles. The molecule has 0 spiro atoms. The number of amides is 1. The number of rotatable bonds is 5. The molecule has 1 aliphatic carbocycles. The van der Waals surface area contributed by atoms with Crippen molar-refractivity contribution in [2.24, 2.45) is 5.73 Å². The van der Waals surface area contributed by atoms with Gasteiger partial charge in [0.15, 0.2) is 0 Å². The number of hydrogen-bond donors (Lipinski definition) is 2. The molecule has 1 atom stereocenters. The number of nitrogens with two attached hydrogens (primary N) is 1. The Morgan fingerprint density at radius 1 is 1.27 bits per heavy atom. The van der Waals surface area contributed by atoms with E-state index in [4.69, 9.17) is 5.73 Å². The number of carbonyl (C=O) groups excluding carboxylic acids is 1. The second-order valence-electron chi connectivity index (χ2n) is 5.51. The quantitative estimate of drug-likeness (QED) is 0.869. The number of nitrogens with one attached hydrogen (secondary N) is 1. The van der Waals surface area contributed by atoms with E-state index < -0.39 is 12.2 Å². The van der Waals surface area contributed by atoms with Crippen LogP contribution in [-0.2, 0) is 4.79 Å². The minimum atomic E-state index is -2.84. The molecule has 1 amide bonds. The van der Waals surface area contributed by atoms with Gasteiger partial charge in [0.25, 0.3) is 0 Å². The van der Waals surface area contributed by atoms with E-state index in [9.17, 15) is 13.6 Å². The molecule has 1 fully saturated rings. The van der Waals surface area contributed by atoms with Crippen LogP contribution in [0.1, 0.15) is 44.2 Å². The first-order valence-corrected chi connectivity index (χ1v) is 7.05. The van der Waals surface area contributed by atoms with Crippen molar-refractivity contribution in [3.05, 3.63) is 29.8 Å². The second-order valence-corrected chi connectivity index (χ2v) is 5.51. The predicted octanol–water partition coefficient (Wildman–Crippen LogP) is 3.16. The molecule has 1 unspecified atom stereocenters. The van der Waals surface area contributed by atoms with Gasteiger partial charge in [0.2, 0.25) is 5.91 Å². The van der Waals surface area contributed by atoms with Crippen molar-refractivity contribution < 1.29 is 18.3 Å². The summed E-state index contributed by atoms with van der Waals surface area (Å²) in [5.74, 6) is -0.0567. The highest BCUT2D eigenvalue weighted by Crippen LogP contribution is 2.28. The number of ether oxygens (including phenoxy) is 1. The van der Waals surface area contributed by atoms with Gasteiger partial charge in [0, 0.05) is 0 Å². The number of halogens is 3. The van der Waals surface area contributed by atoms with Gasteiger partial charge >= 0.3 is 6.61 Å². The lowest BCUT2D eigenvalue weighted by Crippen LogP contribution is -2.52. The summed E-state index contributed by atoms with van der Waals surface area (Å²) >= 11 is 0. The summed E-state index contributed by atoms with van der Waals surface area (Å²) in [5, 5.41) is 2.89. The van der Waals surface area contributed by atoms with Crippen LogP contribution in [0.15, 0.2) is 24.3 Å². The minimum absolute atomic E-state index is 0. The average molecular weight is 335 g/mol. The van der Waals surface area contributed by atoms with Crippen LogP contribution < -0.4 is 15.8 Å². The Morgan fingerprint density at radius 3 is 2.32 bits per heavy atom. The molecule has 1 aliphatic rings. The molecule has 0 aromatic heterocycles. The Kier molecular flexibility index (Phi) is 6.56. The molecule has 7 heteroatoms. The summed E-state index contributed by atoms with van der Waals surface area (Å²) in [6, 6.07) is 5.98. The van der Waals surface area contributed by atoms with E-state index in [0.717, 1.165) is 18.4 Å². The molecule has 0 heterocycles. The van der Waals surface area contributed by atoms with Gasteiger partial charge in [-0.25, -0.2) is 0 Å². The summed E-state index contributed by atoms with van der Waals surface area (Å²) < 4.78 is 28.4. The van der Waals surface area contributed by atoms with Gasteiger partial charge in [0.1, 0.15) is 5.75 Å². The lowest BCUT2D eigenvalue weighted by Gasteiger charge is -2.25. The number of carbonyl (C=O) groups is 1. The minimum Gasteiger partial charge on any atom is -0.435 e. The molecule has 2 rings (SSSR count). The van der Waals surface area contributed by atoms with Crippen molar-refractivity contribution in [3.63, 3.8) is 0 Å². The maximum Gasteiger partial charge on any atom is 0.387 e. The highest BCUT2D eigenvalue weighted by Gasteiger charge is 2.37. The monoisotopic (exact) mass is 334 g/mol. The number of alkyl halides is 2. The van der Waals surface area contributed by atoms with Gasteiger partial charge in [-0.05, 0) is 37.5 Å². The van der Waals surface area contributed by atoms with Crippen molar-refractivity contribution in [1.29, 1.82) is 0 Å². The largest absolute Gasteiger partial charge is 0.435 e. The molecule has 1 aromatic carbocycles. The fourth-order valence-corrected chi connectivity index (χ4v) is 2.59. The molecular formula is C15H21ClF2N2O2. The Labute approximate surface area is 134 Å². The lowest BCUT2D eigenvalue weighted by molar-refractivity contribution is -0.126. The average Bonchev–Trinajstić information content (AvgIpc) is 2.87. The van der Waals surface area contributed by atoms with Gasteiger partial charge in [-0.3, -0.25) is 4.79 Å². The zero-order chi connectivity index (χ0) is 15.5. The van der Waals surface area contributed by atoms with Crippen LogP contribution in [0.2, 0.25) is 0 Å². The van der Waals surface area contributed by atoms with Crippen LogP contribution in [0.3, 0.4) is 0 Å². The molecule has 0 radical (unpaired) electrons. The summed E-state index contributed by atoms with van der Waals surface area (Å²) in [6.45, 7) is -1.01. The first kappa shape index (κ1) is 18.6. The smallest absolute Gasteiger partial charge is 0.387 e. The first-order valence-electron chi connectivity index (χ1n) is 7.05. The SMILES string of the molecule is CC(NC(=O)C1(N)CCCC1)c1ccc(OC(F)F)cc1.Cl. The van der Waals surface area contributed by atoms with Crippen molar-refractivity contribution in [3.8, 4) is 5.75 Å². The van der Waals surface area contributed by atoms with Crippen LogP contribution in [0.4, 0.5) is 8.78 Å². The Morgan fingerprint density at radius 2 is 1.82 bits per heavy atom. The van der Waals surface area contributed by atoms with Crippen LogP contribution in [0, 0.1) is 0 Å². The molecule has 4 nitrogen and oxygen atoms in total. The zero-order valence-corrected chi connectivity index (χ0v) is 13.2. The van der Waals surface area contributed by atoms with Gasteiger partial charge < -0.3 is 15.8 Å². The lowest BCUT2D eigenvalue weighted by atomic mass is 9.97. The fourth-order valence-electron chi connectivity index (χ4n) is 2.59. The van der Waals surface area contributed by atoms with E-state index in [0.29, 0.717) is 12.8 Å². The summed E-state index contributed by atoms with van der Waals surface area (Å²) in [6.07, 6.45) is 3.34. The zero-order valence-electron chi connectivity index (χ0n) is 12.4. The summed E-state index contributed by atoms with van der Waals surface area (Å²) in [5.41, 5.74) is 6.13. The van der Waals surface area contributed by atoms with E-state index in [1.54, 1.807) is 12.1 Å². The standard InChI is InChI=1S/C15H20F2N2O2.ClH/c1-10(19-13(20)15(18)8-2-3-9-15)11-4-6-12(7-5-11)21-14(16)17;/h4-7,10,14H,2-3,8-9,18H2,1H3,(H,19,20);1H. The number of benzene rings is 1. The molecular weight excluding hydrogens is 314 g/mol. The van der Waals surface area contributed by atoms with E-state index in [1.807, 2.05) is 6.92 Å². The predicted molar refractivity (Wildman–Crippen MR) is 82.3 cm³/mol. The Bertz CT molecular complexity index is 491. The van der Waals surface area contributed by atoms with E-state index >= 15 is 0 Å². The Hall–Kier alpha value is -1.40. The summed E-state index contributed by atoms with van der Waals surface area (Å²) in [4.78, 5) is 12.2. The van der Waals surface area contributed by atoms with E-state index in [-0.39, 0.29) is 30.1 Å². The van der Waals surface area contributed by atoms with Crippen molar-refractivity contribution in [2.45, 2.75) is 50.8 Å². The van der Waals surface area contributed by atoms with Crippen LogP contribution in [0.25, 0.3) is 0 Å². The van der Waals surface area contributed by atoms with E-state index in [1.165, 1.54) is 12.1 Å². The molecule has 1 saturated carbocycles. The van der Waals surface area contributed by atoms with Crippen LogP contribution >= 0.6 is 12.4 Å². The summed E-state index contributed by atoms with van der Waals surface area (Å²) in [7, 11) is 0. The first-order chi connectivity index (χ1) is 9.90. The fraction of sp³-hybridized carbons (Fsp3) is 0.533. The Balaban J connectivity index is 0.00000242. The molecule has 0 bridgehead atoms. The van der Waals surface area contributed by atoms with Crippen LogP contribution in [0.5, 0.6) is 5.75 Å². The molecule has 3 N–H and O–H groups in total. The topological polar surface area (TPSA) is 64.4 Å². The maximum atomic E-state index is 12.2. The molecule has 0 saturated heterocycles. The van der Waals surface area contributed by atoms with Gasteiger partial charge in [-0.15, -0.1) is 12.4 Å². The third kappa shape index (κ3) is 4.55. The molecule has 22 heavy (non-hydrogen) atoms. The third-order valence-electron chi connectivity index (χ3n) is 3.90. The van der Waals surface area contributed by atoms with Crippen molar-refractivity contribution in [1.82, 2.24) is 5.32 Å². The van der Waals surface area contributed by atoms with Crippen LogP contribution in [-0.4, -0.2) is 18.1 Å². The molecule has 1 aromatic rings. The van der Waals surface area contributed by atoms with Gasteiger partial charge in [-0.2, -0.15) is 8.78 Å². The van der Waals surface area contributed by atoms with Gasteiger partial charge in [0.05, 0.1) is 11.6 Å². The van der Waals surface area contributed by atoms with Crippen molar-refractivity contribution >= 4 is 18.3 Å². The molecule has 124 valence electrons. The second kappa shape index (κ2) is 7.74. The van der Waals surface area contributed by atoms with E-state index in [2.05, 4.69) is 10.1 Å². The normalized spacial score (nSPS) is 17.7. The highest BCUT2D eigenvalue weighted by atomic mass is 35.5. The third-order valence-corrected chi connectivity index (χ3v) is 3.90. The van der Waals surface area contributed by atoms with Gasteiger partial charge in [-0.1, -0.05) is 25.0 Å². The van der Waals surface area contributed by atoms with Crippen molar-refractivity contribution in [2.75, 3.05) is 0 Å². The highest BCUT2D eigenvalue weighted by molar-refractivity contribution is 5.86. The number of hydrogen-bond acceptors (Lipinski definition) is 3. The maximum absolute atomic E-state index is 12.2.